The van der Waals surface area contributed by atoms with Crippen molar-refractivity contribution in [1.29, 1.82) is 0 Å². The van der Waals surface area contributed by atoms with E-state index in [2.05, 4.69) is 42.0 Å². The third-order valence-corrected chi connectivity index (χ3v) is 6.34. The molecule has 3 heterocycles. The van der Waals surface area contributed by atoms with Crippen LogP contribution in [-0.4, -0.2) is 34.5 Å². The van der Waals surface area contributed by atoms with E-state index in [4.69, 9.17) is 21.3 Å². The van der Waals surface area contributed by atoms with Crippen molar-refractivity contribution in [2.24, 2.45) is 7.05 Å². The highest BCUT2D eigenvalue weighted by Crippen LogP contribution is 2.35. The van der Waals surface area contributed by atoms with Crippen LogP contribution in [0.2, 0.25) is 5.02 Å². The van der Waals surface area contributed by atoms with Gasteiger partial charge in [-0.2, -0.15) is 5.10 Å². The van der Waals surface area contributed by atoms with E-state index in [0.29, 0.717) is 36.0 Å². The van der Waals surface area contributed by atoms with Crippen LogP contribution < -0.4 is 4.90 Å². The Morgan fingerprint density at radius 1 is 1.12 bits per heavy atom. The molecule has 5 nitrogen and oxygen atoms in total. The average Bonchev–Trinajstić information content (AvgIpc) is 3.21. The minimum Gasteiger partial charge on any atom is -0.370 e. The summed E-state index contributed by atoms with van der Waals surface area (Å²) in [5.41, 5.74) is 4.44. The lowest BCUT2D eigenvalue weighted by Gasteiger charge is -2.34. The summed E-state index contributed by atoms with van der Waals surface area (Å²) < 4.78 is 22.7. The van der Waals surface area contributed by atoms with Gasteiger partial charge in [0.1, 0.15) is 17.7 Å². The summed E-state index contributed by atoms with van der Waals surface area (Å²) in [6.07, 6.45) is 3.72. The quantitative estimate of drug-likeness (QED) is 0.406. The first kappa shape index (κ1) is 20.9. The first-order valence-corrected chi connectivity index (χ1v) is 11.0. The molecule has 0 saturated carbocycles. The van der Waals surface area contributed by atoms with Crippen molar-refractivity contribution in [2.75, 3.05) is 24.6 Å². The molecule has 1 aliphatic rings. The van der Waals surface area contributed by atoms with E-state index >= 15 is 0 Å². The second kappa shape index (κ2) is 8.19. The molecular formula is C25H24ClFN4O. The Hall–Kier alpha value is -2.96. The number of aryl methyl sites for hydroxylation is 3. The number of nitrogens with zero attached hydrogens (tertiary/aromatic N) is 4. The zero-order valence-corrected chi connectivity index (χ0v) is 19.0. The van der Waals surface area contributed by atoms with Crippen molar-refractivity contribution in [3.05, 3.63) is 76.3 Å². The molecule has 1 fully saturated rings. The summed E-state index contributed by atoms with van der Waals surface area (Å²) in [6.45, 7) is 6.09. The van der Waals surface area contributed by atoms with Crippen molar-refractivity contribution >= 4 is 28.2 Å². The Kier molecular flexibility index (Phi) is 5.35. The highest BCUT2D eigenvalue weighted by Gasteiger charge is 2.25. The molecule has 32 heavy (non-hydrogen) atoms. The van der Waals surface area contributed by atoms with Crippen LogP contribution in [0.25, 0.3) is 22.0 Å². The second-order valence-corrected chi connectivity index (χ2v) is 8.80. The number of anilines is 1. The third kappa shape index (κ3) is 3.85. The number of morpholine rings is 1. The fraction of sp³-hybridized carbons (Fsp3) is 0.280. The predicted octanol–water partition coefficient (Wildman–Crippen LogP) is 5.62. The molecule has 0 radical (unpaired) electrons. The van der Waals surface area contributed by atoms with Crippen LogP contribution in [0.1, 0.15) is 22.8 Å². The van der Waals surface area contributed by atoms with Gasteiger partial charge in [0, 0.05) is 47.9 Å². The molecule has 0 spiro atoms. The monoisotopic (exact) mass is 450 g/mol. The van der Waals surface area contributed by atoms with Crippen LogP contribution in [0.15, 0.2) is 48.8 Å². The fourth-order valence-corrected chi connectivity index (χ4v) is 4.38. The molecule has 1 atom stereocenters. The molecule has 2 aromatic carbocycles. The first-order valence-electron chi connectivity index (χ1n) is 10.6. The normalized spacial score (nSPS) is 16.7. The molecule has 1 saturated heterocycles. The minimum atomic E-state index is -0.378. The number of pyridine rings is 1. The van der Waals surface area contributed by atoms with E-state index < -0.39 is 0 Å². The maximum atomic E-state index is 14.9. The number of fused-ring (bicyclic) bond motifs is 1. The van der Waals surface area contributed by atoms with Gasteiger partial charge in [-0.15, -0.1) is 0 Å². The molecule has 1 aliphatic heterocycles. The maximum absolute atomic E-state index is 14.9. The average molecular weight is 451 g/mol. The molecule has 164 valence electrons. The summed E-state index contributed by atoms with van der Waals surface area (Å²) in [5.74, 6) is 0.430. The smallest absolute Gasteiger partial charge is 0.134 e. The van der Waals surface area contributed by atoms with Gasteiger partial charge in [0.25, 0.3) is 0 Å². The Morgan fingerprint density at radius 3 is 2.69 bits per heavy atom. The predicted molar refractivity (Wildman–Crippen MR) is 126 cm³/mol. The Labute approximate surface area is 191 Å². The second-order valence-electron chi connectivity index (χ2n) is 8.36. The van der Waals surface area contributed by atoms with Gasteiger partial charge in [-0.3, -0.25) is 4.68 Å². The van der Waals surface area contributed by atoms with E-state index in [1.54, 1.807) is 16.8 Å². The van der Waals surface area contributed by atoms with Gasteiger partial charge in [0.05, 0.1) is 18.5 Å². The summed E-state index contributed by atoms with van der Waals surface area (Å²) in [4.78, 5) is 7.16. The Morgan fingerprint density at radius 2 is 1.94 bits per heavy atom. The van der Waals surface area contributed by atoms with Crippen molar-refractivity contribution in [1.82, 2.24) is 14.8 Å². The largest absolute Gasteiger partial charge is 0.370 e. The number of aromatic nitrogens is 3. The highest BCUT2D eigenvalue weighted by atomic mass is 35.5. The van der Waals surface area contributed by atoms with E-state index in [1.165, 1.54) is 11.6 Å². The van der Waals surface area contributed by atoms with Gasteiger partial charge >= 0.3 is 0 Å². The van der Waals surface area contributed by atoms with Crippen molar-refractivity contribution in [3.63, 3.8) is 0 Å². The molecule has 0 bridgehead atoms. The molecule has 4 aromatic rings. The maximum Gasteiger partial charge on any atom is 0.134 e. The standard InChI is InChI=1S/C25H24ClFN4O/c1-15-8-17-10-24(31-6-7-32-23(14-31)18-12-28-30(3)13-18)29-25(21(17)9-16(15)2)20-5-4-19(26)11-22(20)27/h4-5,8-13,23H,6-7,14H2,1-3H3/t23-/m1/s1. The number of ether oxygens (including phenoxy) is 1. The number of rotatable bonds is 3. The van der Waals surface area contributed by atoms with Crippen molar-refractivity contribution in [2.45, 2.75) is 20.0 Å². The van der Waals surface area contributed by atoms with Crippen LogP contribution in [0.3, 0.4) is 0 Å². The molecule has 7 heteroatoms. The number of halogens is 2. The van der Waals surface area contributed by atoms with Crippen LogP contribution in [-0.2, 0) is 11.8 Å². The van der Waals surface area contributed by atoms with Crippen LogP contribution >= 0.6 is 11.6 Å². The summed E-state index contributed by atoms with van der Waals surface area (Å²) in [5, 5.41) is 6.60. The molecule has 5 rings (SSSR count). The van der Waals surface area contributed by atoms with Gasteiger partial charge in [-0.1, -0.05) is 17.7 Å². The molecule has 0 amide bonds. The number of benzene rings is 2. The summed E-state index contributed by atoms with van der Waals surface area (Å²) >= 11 is 6.01. The topological polar surface area (TPSA) is 43.2 Å². The fourth-order valence-electron chi connectivity index (χ4n) is 4.22. The van der Waals surface area contributed by atoms with E-state index in [-0.39, 0.29) is 11.9 Å². The first-order chi connectivity index (χ1) is 15.4. The molecule has 0 aliphatic carbocycles. The molecule has 0 N–H and O–H groups in total. The van der Waals surface area contributed by atoms with Gasteiger partial charge in [-0.25, -0.2) is 9.37 Å². The summed E-state index contributed by atoms with van der Waals surface area (Å²) in [7, 11) is 1.90. The van der Waals surface area contributed by atoms with Gasteiger partial charge in [0.2, 0.25) is 0 Å². The lowest BCUT2D eigenvalue weighted by molar-refractivity contribution is 0.0395. The van der Waals surface area contributed by atoms with Crippen LogP contribution in [0.4, 0.5) is 10.2 Å². The van der Waals surface area contributed by atoms with Gasteiger partial charge < -0.3 is 9.64 Å². The Balaban J connectivity index is 1.62. The summed E-state index contributed by atoms with van der Waals surface area (Å²) in [6, 6.07) is 11.1. The van der Waals surface area contributed by atoms with Crippen LogP contribution in [0.5, 0.6) is 0 Å². The zero-order valence-electron chi connectivity index (χ0n) is 18.3. The van der Waals surface area contributed by atoms with E-state index in [1.807, 2.05) is 19.4 Å². The highest BCUT2D eigenvalue weighted by molar-refractivity contribution is 6.30. The molecule has 2 aromatic heterocycles. The van der Waals surface area contributed by atoms with E-state index in [9.17, 15) is 4.39 Å². The van der Waals surface area contributed by atoms with Crippen LogP contribution in [0, 0.1) is 19.7 Å². The lowest BCUT2D eigenvalue weighted by atomic mass is 9.98. The van der Waals surface area contributed by atoms with Crippen molar-refractivity contribution < 1.29 is 9.13 Å². The Bertz CT molecular complexity index is 1320. The van der Waals surface area contributed by atoms with E-state index in [0.717, 1.165) is 27.7 Å². The number of hydrogen-bond acceptors (Lipinski definition) is 4. The zero-order chi connectivity index (χ0) is 22.4. The van der Waals surface area contributed by atoms with Gasteiger partial charge in [-0.05, 0) is 60.7 Å². The van der Waals surface area contributed by atoms with Crippen molar-refractivity contribution in [3.8, 4) is 11.3 Å². The third-order valence-electron chi connectivity index (χ3n) is 6.11. The molecular weight excluding hydrogens is 427 g/mol. The minimum absolute atomic E-state index is 0.0922. The lowest BCUT2D eigenvalue weighted by Crippen LogP contribution is -2.38. The SMILES string of the molecule is Cc1cc2cc(N3CCO[C@@H](c4cnn(C)c4)C3)nc(-c3ccc(Cl)cc3F)c2cc1C. The van der Waals surface area contributed by atoms with Gasteiger partial charge in [0.15, 0.2) is 0 Å². The number of hydrogen-bond donors (Lipinski definition) is 0. The molecule has 0 unspecified atom stereocenters.